The Balaban J connectivity index is 2.74. The van der Waals surface area contributed by atoms with E-state index in [-0.39, 0.29) is 0 Å². The first kappa shape index (κ1) is 18.2. The van der Waals surface area contributed by atoms with E-state index in [1.807, 2.05) is 0 Å². The molecule has 2 fully saturated rings. The molecule has 0 saturated carbocycles. The Morgan fingerprint density at radius 1 is 1.04 bits per heavy atom. The quantitative estimate of drug-likeness (QED) is 0.258. The van der Waals surface area contributed by atoms with E-state index < -0.39 is 66.1 Å². The monoisotopic (exact) mass is 350 g/mol. The van der Waals surface area contributed by atoms with Crippen LogP contribution in [-0.4, -0.2) is 90.1 Å². The second-order valence-electron chi connectivity index (χ2n) is 5.46. The molecule has 2 aliphatic heterocycles. The van der Waals surface area contributed by atoms with Crippen molar-refractivity contribution in [2.24, 2.45) is 0 Å². The fourth-order valence-corrected chi connectivity index (χ4v) is 3.08. The topological polar surface area (TPSA) is 208 Å². The molecule has 12 heteroatoms. The molecule has 0 amide bonds. The lowest BCUT2D eigenvalue weighted by Crippen LogP contribution is -2.77. The summed E-state index contributed by atoms with van der Waals surface area (Å²) >= 11 is 0. The Bertz CT molecular complexity index is 603. The van der Waals surface area contributed by atoms with Gasteiger partial charge in [0.25, 0.3) is 0 Å². The number of hydrogen-bond donors (Lipinski definition) is 6. The van der Waals surface area contributed by atoms with Gasteiger partial charge in [-0.2, -0.15) is 0 Å². The highest BCUT2D eigenvalue weighted by Crippen LogP contribution is 2.54. The van der Waals surface area contributed by atoms with Gasteiger partial charge in [0.1, 0.15) is 18.5 Å². The number of carbonyl (C=O) groups is 4. The third-order valence-electron chi connectivity index (χ3n) is 4.24. The molecule has 2 aliphatic rings. The second-order valence-corrected chi connectivity index (χ2v) is 5.46. The highest BCUT2D eigenvalue weighted by molar-refractivity contribution is 5.97. The highest BCUT2D eigenvalue weighted by Gasteiger charge is 2.84. The van der Waals surface area contributed by atoms with E-state index in [1.165, 1.54) is 0 Å². The van der Waals surface area contributed by atoms with Gasteiger partial charge in [0, 0.05) is 12.8 Å². The third-order valence-corrected chi connectivity index (χ3v) is 4.24. The number of aldehydes is 1. The van der Waals surface area contributed by atoms with Gasteiger partial charge in [0.05, 0.1) is 0 Å². The Morgan fingerprint density at radius 2 is 1.62 bits per heavy atom. The molecular formula is C12H14O12. The first-order valence-electron chi connectivity index (χ1n) is 6.61. The van der Waals surface area contributed by atoms with E-state index in [0.29, 0.717) is 6.29 Å². The number of aliphatic carboxylic acids is 3. The molecular weight excluding hydrogens is 336 g/mol. The molecule has 0 radical (unpaired) electrons. The highest BCUT2D eigenvalue weighted by atomic mass is 16.8. The molecule has 6 atom stereocenters. The number of aliphatic hydroxyl groups is 3. The Labute approximate surface area is 132 Å². The van der Waals surface area contributed by atoms with E-state index in [4.69, 9.17) is 14.6 Å². The minimum absolute atomic E-state index is 0.328. The molecule has 6 N–H and O–H groups in total. The van der Waals surface area contributed by atoms with Crippen molar-refractivity contribution in [2.75, 3.05) is 0 Å². The summed E-state index contributed by atoms with van der Waals surface area (Å²) in [6, 6.07) is 0. The van der Waals surface area contributed by atoms with Crippen molar-refractivity contribution in [3.63, 3.8) is 0 Å². The van der Waals surface area contributed by atoms with Crippen molar-refractivity contribution in [3.8, 4) is 0 Å². The largest absolute Gasteiger partial charge is 0.479 e. The predicted octanol–water partition coefficient (Wildman–Crippen LogP) is -3.46. The van der Waals surface area contributed by atoms with Crippen LogP contribution in [-0.2, 0) is 28.7 Å². The van der Waals surface area contributed by atoms with Gasteiger partial charge >= 0.3 is 17.9 Å². The summed E-state index contributed by atoms with van der Waals surface area (Å²) in [6.45, 7) is 0. The summed E-state index contributed by atoms with van der Waals surface area (Å²) in [7, 11) is 0. The van der Waals surface area contributed by atoms with Gasteiger partial charge in [0.2, 0.25) is 17.3 Å². The van der Waals surface area contributed by atoms with E-state index in [9.17, 15) is 44.7 Å². The second kappa shape index (κ2) is 5.46. The number of aliphatic hydroxyl groups excluding tert-OH is 2. The van der Waals surface area contributed by atoms with Gasteiger partial charge in [-0.25, -0.2) is 14.4 Å². The van der Waals surface area contributed by atoms with Crippen LogP contribution < -0.4 is 0 Å². The zero-order valence-corrected chi connectivity index (χ0v) is 11.9. The van der Waals surface area contributed by atoms with Crippen LogP contribution in [0.5, 0.6) is 0 Å². The van der Waals surface area contributed by atoms with Crippen LogP contribution in [0.2, 0.25) is 0 Å². The van der Waals surface area contributed by atoms with Crippen molar-refractivity contribution < 1.29 is 59.3 Å². The first-order chi connectivity index (χ1) is 11.0. The summed E-state index contributed by atoms with van der Waals surface area (Å²) in [6.07, 6.45) is -8.12. The fraction of sp³-hybridized carbons (Fsp3) is 0.667. The smallest absolute Gasteiger partial charge is 0.343 e. The van der Waals surface area contributed by atoms with Crippen LogP contribution in [0, 0.1) is 0 Å². The van der Waals surface area contributed by atoms with Gasteiger partial charge < -0.3 is 44.9 Å². The maximum atomic E-state index is 11.7. The van der Waals surface area contributed by atoms with Crippen LogP contribution in [0.1, 0.15) is 12.8 Å². The van der Waals surface area contributed by atoms with Crippen LogP contribution >= 0.6 is 0 Å². The van der Waals surface area contributed by atoms with Crippen molar-refractivity contribution >= 4 is 24.2 Å². The number of hydrogen-bond acceptors (Lipinski definition) is 9. The lowest BCUT2D eigenvalue weighted by Gasteiger charge is -2.48. The molecule has 24 heavy (non-hydrogen) atoms. The van der Waals surface area contributed by atoms with E-state index in [0.717, 1.165) is 0 Å². The number of rotatable bonds is 6. The van der Waals surface area contributed by atoms with Crippen LogP contribution in [0.15, 0.2) is 0 Å². The molecule has 0 spiro atoms. The molecule has 2 saturated heterocycles. The standard InChI is InChI=1S/C12H14O12/c13-3-1-2-10-4(14)5(15)12(24-10,9(20)21)11(22,8(18)19)6(23-10)7(16)17/h3-6,14-15,22H,1-2H2,(H,16,17)(H,18,19)(H,20,21)/t4-,5-,6-,10+,11+,12+/m1/s1. The van der Waals surface area contributed by atoms with Crippen LogP contribution in [0.3, 0.4) is 0 Å². The summed E-state index contributed by atoms with van der Waals surface area (Å²) < 4.78 is 9.82. The molecule has 0 aromatic heterocycles. The lowest BCUT2D eigenvalue weighted by atomic mass is 9.74. The van der Waals surface area contributed by atoms with Gasteiger partial charge in [-0.1, -0.05) is 0 Å². The third kappa shape index (κ3) is 1.91. The number of fused-ring (bicyclic) bond motifs is 2. The maximum absolute atomic E-state index is 11.7. The zero-order valence-electron chi connectivity index (χ0n) is 11.9. The van der Waals surface area contributed by atoms with Gasteiger partial charge in [-0.3, -0.25) is 0 Å². The molecule has 0 aliphatic carbocycles. The van der Waals surface area contributed by atoms with Crippen LogP contribution in [0.4, 0.5) is 0 Å². The summed E-state index contributed by atoms with van der Waals surface area (Å²) in [5, 5.41) is 58.3. The van der Waals surface area contributed by atoms with E-state index >= 15 is 0 Å². The summed E-state index contributed by atoms with van der Waals surface area (Å²) in [5.74, 6) is -9.13. The Hall–Kier alpha value is -2.12. The normalized spacial score (nSPS) is 44.0. The Morgan fingerprint density at radius 3 is 2.04 bits per heavy atom. The van der Waals surface area contributed by atoms with E-state index in [2.05, 4.69) is 0 Å². The zero-order chi connectivity index (χ0) is 18.5. The average molecular weight is 350 g/mol. The molecule has 0 unspecified atom stereocenters. The minimum atomic E-state index is -3.76. The fourth-order valence-electron chi connectivity index (χ4n) is 3.08. The van der Waals surface area contributed by atoms with Gasteiger partial charge in [-0.05, 0) is 0 Å². The maximum Gasteiger partial charge on any atom is 0.343 e. The van der Waals surface area contributed by atoms with E-state index in [1.54, 1.807) is 0 Å². The molecule has 0 aromatic carbocycles. The predicted molar refractivity (Wildman–Crippen MR) is 66.6 cm³/mol. The van der Waals surface area contributed by atoms with Crippen LogP contribution in [0.25, 0.3) is 0 Å². The molecule has 2 bridgehead atoms. The number of carboxylic acids is 3. The van der Waals surface area contributed by atoms with Gasteiger partial charge in [0.15, 0.2) is 5.79 Å². The van der Waals surface area contributed by atoms with Crippen molar-refractivity contribution in [1.29, 1.82) is 0 Å². The molecule has 134 valence electrons. The molecule has 2 rings (SSSR count). The van der Waals surface area contributed by atoms with Crippen molar-refractivity contribution in [2.45, 2.75) is 48.1 Å². The number of carboxylic acid groups (broad SMARTS) is 3. The Kier molecular flexibility index (Phi) is 4.14. The van der Waals surface area contributed by atoms with Crippen molar-refractivity contribution in [3.05, 3.63) is 0 Å². The number of carbonyl (C=O) groups excluding carboxylic acids is 1. The summed E-state index contributed by atoms with van der Waals surface area (Å²) in [4.78, 5) is 45.0. The van der Waals surface area contributed by atoms with Gasteiger partial charge in [-0.15, -0.1) is 0 Å². The average Bonchev–Trinajstić information content (AvgIpc) is 2.70. The number of ether oxygens (including phenoxy) is 2. The molecule has 2 heterocycles. The van der Waals surface area contributed by atoms with Crippen molar-refractivity contribution in [1.82, 2.24) is 0 Å². The first-order valence-corrected chi connectivity index (χ1v) is 6.61. The SMILES string of the molecule is O=CCC[C@]12O[C@H](C(=O)O)[C@](O)(C(=O)O)[C@](C(=O)O)(O1)[C@H](O)[C@H]2O. The molecule has 0 aromatic rings. The molecule has 12 nitrogen and oxygen atoms in total. The lowest BCUT2D eigenvalue weighted by molar-refractivity contribution is -0.373. The minimum Gasteiger partial charge on any atom is -0.479 e. The summed E-state index contributed by atoms with van der Waals surface area (Å²) in [5.41, 5.74) is -7.19.